The maximum atomic E-state index is 13.7. The molecule has 0 saturated carbocycles. The van der Waals surface area contributed by atoms with Crippen LogP contribution >= 0.6 is 11.8 Å². The molecular weight excluding hydrogens is 371 g/mol. The fourth-order valence-electron chi connectivity index (χ4n) is 2.32. The number of hydrogen-bond donors (Lipinski definition) is 1. The van der Waals surface area contributed by atoms with Gasteiger partial charge in [0.05, 0.1) is 24.5 Å². The molecule has 0 radical (unpaired) electrons. The van der Waals surface area contributed by atoms with Gasteiger partial charge in [-0.15, -0.1) is 10.2 Å². The van der Waals surface area contributed by atoms with Crippen LogP contribution in [0.2, 0.25) is 0 Å². The Morgan fingerprint density at radius 1 is 1.26 bits per heavy atom. The summed E-state index contributed by atoms with van der Waals surface area (Å²) in [5.41, 5.74) is -0.0194. The van der Waals surface area contributed by atoms with Gasteiger partial charge in [-0.3, -0.25) is 9.59 Å². The van der Waals surface area contributed by atoms with Crippen molar-refractivity contribution in [1.82, 2.24) is 20.1 Å². The number of hydrogen-bond acceptors (Lipinski definition) is 6. The maximum absolute atomic E-state index is 13.7. The Labute approximate surface area is 161 Å². The van der Waals surface area contributed by atoms with Crippen LogP contribution in [0, 0.1) is 5.82 Å². The topological polar surface area (TPSA) is 86.1 Å². The average molecular weight is 394 g/mol. The molecule has 0 aliphatic carbocycles. The summed E-state index contributed by atoms with van der Waals surface area (Å²) in [5, 5.41) is 11.5. The van der Waals surface area contributed by atoms with E-state index in [1.807, 2.05) is 4.57 Å². The van der Waals surface area contributed by atoms with Gasteiger partial charge in [0, 0.05) is 6.54 Å². The van der Waals surface area contributed by atoms with Crippen molar-refractivity contribution in [3.05, 3.63) is 41.5 Å². The number of aromatic nitrogens is 3. The van der Waals surface area contributed by atoms with Gasteiger partial charge in [-0.2, -0.15) is 0 Å². The number of benzene rings is 1. The number of carbonyl (C=O) groups excluding carboxylic acids is 2. The number of halogens is 1. The lowest BCUT2D eigenvalue weighted by Gasteiger charge is -2.10. The van der Waals surface area contributed by atoms with Gasteiger partial charge in [-0.25, -0.2) is 4.39 Å². The van der Waals surface area contributed by atoms with Crippen molar-refractivity contribution >= 4 is 23.6 Å². The third-order valence-electron chi connectivity index (χ3n) is 3.68. The number of nitrogens with zero attached hydrogens (tertiary/aromatic N) is 3. The highest BCUT2D eigenvalue weighted by atomic mass is 32.2. The van der Waals surface area contributed by atoms with Crippen LogP contribution in [-0.4, -0.2) is 39.0 Å². The van der Waals surface area contributed by atoms with Crippen LogP contribution < -0.4 is 5.32 Å². The van der Waals surface area contributed by atoms with Crippen LogP contribution in [-0.2, 0) is 22.6 Å². The molecule has 0 unspecified atom stereocenters. The lowest BCUT2D eigenvalue weighted by Crippen LogP contribution is -2.25. The molecule has 2 rings (SSSR count). The molecule has 0 spiro atoms. The summed E-state index contributed by atoms with van der Waals surface area (Å²) in [5.74, 6) is -0.715. The minimum absolute atomic E-state index is 0.0194. The summed E-state index contributed by atoms with van der Waals surface area (Å²) in [4.78, 5) is 23.7. The second-order valence-electron chi connectivity index (χ2n) is 5.66. The van der Waals surface area contributed by atoms with Crippen molar-refractivity contribution in [1.29, 1.82) is 0 Å². The summed E-state index contributed by atoms with van der Waals surface area (Å²) >= 11 is 1.24. The number of nitrogens with one attached hydrogen (secondary N) is 1. The monoisotopic (exact) mass is 394 g/mol. The SMILES string of the molecule is CCCCn1c(CNC(=O)c2ccccc2F)nnc1SCC(=O)OCC. The molecule has 0 aliphatic heterocycles. The summed E-state index contributed by atoms with van der Waals surface area (Å²) in [7, 11) is 0. The van der Waals surface area contributed by atoms with E-state index in [4.69, 9.17) is 4.74 Å². The highest BCUT2D eigenvalue weighted by molar-refractivity contribution is 7.99. The zero-order valence-corrected chi connectivity index (χ0v) is 16.2. The summed E-state index contributed by atoms with van der Waals surface area (Å²) < 4.78 is 20.5. The Hall–Kier alpha value is -2.42. The predicted molar refractivity (Wildman–Crippen MR) is 99.9 cm³/mol. The fraction of sp³-hybridized carbons (Fsp3) is 0.444. The summed E-state index contributed by atoms with van der Waals surface area (Å²) in [6.07, 6.45) is 1.88. The van der Waals surface area contributed by atoms with E-state index >= 15 is 0 Å². The van der Waals surface area contributed by atoms with Gasteiger partial charge < -0.3 is 14.6 Å². The molecule has 0 atom stereocenters. The highest BCUT2D eigenvalue weighted by Gasteiger charge is 2.16. The summed E-state index contributed by atoms with van der Waals surface area (Å²) in [6.45, 7) is 4.93. The second-order valence-corrected chi connectivity index (χ2v) is 6.60. The van der Waals surface area contributed by atoms with E-state index in [2.05, 4.69) is 22.4 Å². The van der Waals surface area contributed by atoms with E-state index in [1.54, 1.807) is 13.0 Å². The first-order chi connectivity index (χ1) is 13.1. The average Bonchev–Trinajstić information content (AvgIpc) is 3.05. The number of amides is 1. The number of ether oxygens (including phenoxy) is 1. The van der Waals surface area contributed by atoms with E-state index in [0.717, 1.165) is 12.8 Å². The molecule has 1 amide bonds. The van der Waals surface area contributed by atoms with E-state index < -0.39 is 11.7 Å². The smallest absolute Gasteiger partial charge is 0.316 e. The van der Waals surface area contributed by atoms with Gasteiger partial charge in [-0.05, 0) is 25.5 Å². The Morgan fingerprint density at radius 2 is 2.04 bits per heavy atom. The molecule has 0 fully saturated rings. The minimum atomic E-state index is -0.576. The van der Waals surface area contributed by atoms with Gasteiger partial charge >= 0.3 is 5.97 Å². The second kappa shape index (κ2) is 10.7. The predicted octanol–water partition coefficient (Wildman–Crippen LogP) is 2.80. The van der Waals surface area contributed by atoms with Crippen LogP contribution in [0.4, 0.5) is 4.39 Å². The normalized spacial score (nSPS) is 10.6. The molecule has 7 nitrogen and oxygen atoms in total. The first-order valence-corrected chi connectivity index (χ1v) is 9.78. The fourth-order valence-corrected chi connectivity index (χ4v) is 3.10. The van der Waals surface area contributed by atoms with Gasteiger partial charge in [0.25, 0.3) is 5.91 Å². The molecule has 0 aliphatic rings. The lowest BCUT2D eigenvalue weighted by atomic mass is 10.2. The van der Waals surface area contributed by atoms with Gasteiger partial charge in [-0.1, -0.05) is 37.2 Å². The first kappa shape index (κ1) is 20.9. The van der Waals surface area contributed by atoms with E-state index in [0.29, 0.717) is 24.1 Å². The van der Waals surface area contributed by atoms with Crippen molar-refractivity contribution < 1.29 is 18.7 Å². The minimum Gasteiger partial charge on any atom is -0.465 e. The van der Waals surface area contributed by atoms with E-state index in [9.17, 15) is 14.0 Å². The van der Waals surface area contributed by atoms with Crippen molar-refractivity contribution in [3.63, 3.8) is 0 Å². The first-order valence-electron chi connectivity index (χ1n) is 8.80. The Bertz CT molecular complexity index is 782. The van der Waals surface area contributed by atoms with Crippen LogP contribution in [0.1, 0.15) is 42.9 Å². The highest BCUT2D eigenvalue weighted by Crippen LogP contribution is 2.18. The third-order valence-corrected chi connectivity index (χ3v) is 4.62. The zero-order valence-electron chi connectivity index (χ0n) is 15.4. The Kier molecular flexibility index (Phi) is 8.25. The van der Waals surface area contributed by atoms with Gasteiger partial charge in [0.1, 0.15) is 5.82 Å². The number of rotatable bonds is 10. The van der Waals surface area contributed by atoms with Gasteiger partial charge in [0.2, 0.25) is 0 Å². The number of esters is 1. The van der Waals surface area contributed by atoms with Crippen LogP contribution in [0.3, 0.4) is 0 Å². The number of carbonyl (C=O) groups is 2. The van der Waals surface area contributed by atoms with E-state index in [-0.39, 0.29) is 23.8 Å². The largest absolute Gasteiger partial charge is 0.465 e. The maximum Gasteiger partial charge on any atom is 0.316 e. The number of unbranched alkanes of at least 4 members (excludes halogenated alkanes) is 1. The molecule has 2 aromatic rings. The molecule has 1 aromatic carbocycles. The van der Waals surface area contributed by atoms with Gasteiger partial charge in [0.15, 0.2) is 11.0 Å². The Morgan fingerprint density at radius 3 is 2.74 bits per heavy atom. The molecule has 146 valence electrons. The van der Waals surface area contributed by atoms with Crippen LogP contribution in [0.25, 0.3) is 0 Å². The van der Waals surface area contributed by atoms with Crippen molar-refractivity contribution in [2.45, 2.75) is 44.9 Å². The number of thioether (sulfide) groups is 1. The molecule has 27 heavy (non-hydrogen) atoms. The molecular formula is C18H23FN4O3S. The van der Waals surface area contributed by atoms with Crippen molar-refractivity contribution in [2.24, 2.45) is 0 Å². The van der Waals surface area contributed by atoms with Crippen molar-refractivity contribution in [2.75, 3.05) is 12.4 Å². The van der Waals surface area contributed by atoms with Crippen LogP contribution in [0.15, 0.2) is 29.4 Å². The molecule has 1 heterocycles. The molecule has 0 saturated heterocycles. The Balaban J connectivity index is 2.05. The van der Waals surface area contributed by atoms with Crippen molar-refractivity contribution in [3.8, 4) is 0 Å². The van der Waals surface area contributed by atoms with Crippen LogP contribution in [0.5, 0.6) is 0 Å². The zero-order chi connectivity index (χ0) is 19.6. The summed E-state index contributed by atoms with van der Waals surface area (Å²) in [6, 6.07) is 5.79. The lowest BCUT2D eigenvalue weighted by molar-refractivity contribution is -0.139. The standard InChI is InChI=1S/C18H23FN4O3S/c1-3-5-10-23-15(21-22-18(23)27-12-16(24)26-4-2)11-20-17(25)13-8-6-7-9-14(13)19/h6-9H,3-5,10-12H2,1-2H3,(H,20,25). The quantitative estimate of drug-likeness (QED) is 0.493. The molecule has 0 bridgehead atoms. The third kappa shape index (κ3) is 6.06. The molecule has 1 aromatic heterocycles. The molecule has 1 N–H and O–H groups in total. The van der Waals surface area contributed by atoms with E-state index in [1.165, 1.54) is 30.0 Å². The molecule has 9 heteroatoms.